The number of hydrogen-bond acceptors (Lipinski definition) is 0. The lowest BCUT2D eigenvalue weighted by molar-refractivity contribution is 2.03. The molecule has 0 heteroatoms. The molecule has 0 aromatic carbocycles. The van der Waals surface area contributed by atoms with E-state index in [1.165, 1.54) is 12.2 Å². The van der Waals surface area contributed by atoms with Gasteiger partial charge in [0.05, 0.1) is 0 Å². The normalized spacial score (nSPS) is 7.83. The van der Waals surface area contributed by atoms with Crippen LogP contribution in [0.3, 0.4) is 0 Å². The topological polar surface area (TPSA) is 0 Å². The Hall–Kier alpha value is -0.960. The first-order valence-corrected chi connectivity index (χ1v) is 1.58. The van der Waals surface area contributed by atoms with E-state index in [1.54, 1.807) is 6.08 Å². The molecule has 0 atom stereocenters. The zero-order chi connectivity index (χ0) is 4.83. The third-order valence-corrected chi connectivity index (χ3v) is 0.304. The van der Waals surface area contributed by atoms with Gasteiger partial charge in [0.15, 0.2) is 0 Å². The second-order valence-electron chi connectivity index (χ2n) is 0.718. The van der Waals surface area contributed by atoms with E-state index in [-0.39, 0.29) is 0 Å². The summed E-state index contributed by atoms with van der Waals surface area (Å²) in [7, 11) is 0. The molecule has 6 heavy (non-hydrogen) atoms. The molecule has 0 aromatic rings. The van der Waals surface area contributed by atoms with Crippen LogP contribution in [-0.2, 0) is 0 Å². The largest absolute Gasteiger partial charge is 0.115 e. The molecule has 29 valence electrons. The van der Waals surface area contributed by atoms with E-state index >= 15 is 0 Å². The van der Waals surface area contributed by atoms with Crippen LogP contribution in [-0.4, -0.2) is 0 Å². The molecule has 0 fully saturated rings. The summed E-state index contributed by atoms with van der Waals surface area (Å²) in [6, 6.07) is 0. The van der Waals surface area contributed by atoms with Gasteiger partial charge in [-0.2, -0.15) is 0 Å². The maximum atomic E-state index is 4.91. The molecule has 0 spiro atoms. The van der Waals surface area contributed by atoms with E-state index in [1.807, 2.05) is 0 Å². The fourth-order valence-corrected chi connectivity index (χ4v) is 0.111. The van der Waals surface area contributed by atoms with Gasteiger partial charge in [-0.05, 0) is 6.08 Å². The number of rotatable bonds is 1. The molecule has 0 saturated heterocycles. The van der Waals surface area contributed by atoms with Gasteiger partial charge in [-0.3, -0.25) is 0 Å². The van der Waals surface area contributed by atoms with E-state index in [0.717, 1.165) is 0 Å². The lowest BCUT2D eigenvalue weighted by Gasteiger charge is -1.57. The van der Waals surface area contributed by atoms with Crippen molar-refractivity contribution >= 4 is 0 Å². The second kappa shape index (κ2) is 4.04. The molecule has 0 aliphatic carbocycles. The van der Waals surface area contributed by atoms with Crippen LogP contribution in [0.4, 0.5) is 0 Å². The van der Waals surface area contributed by atoms with E-state index in [0.29, 0.717) is 0 Å². The van der Waals surface area contributed by atoms with E-state index in [2.05, 4.69) is 5.92 Å². The molecule has 0 N–H and O–H groups in total. The zero-order valence-corrected chi connectivity index (χ0v) is 3.39. The van der Waals surface area contributed by atoms with Crippen molar-refractivity contribution in [3.05, 3.63) is 24.8 Å². The predicted octanol–water partition coefficient (Wildman–Crippen LogP) is 1.16. The van der Waals surface area contributed by atoms with Crippen molar-refractivity contribution in [3.8, 4) is 12.3 Å². The maximum absolute atomic E-state index is 4.91. The van der Waals surface area contributed by atoms with Crippen LogP contribution in [0.2, 0.25) is 0 Å². The fraction of sp³-hybridized carbons (Fsp3) is 0. The molecule has 0 unspecified atom stereocenters. The fourth-order valence-electron chi connectivity index (χ4n) is 0.111. The van der Waals surface area contributed by atoms with Crippen LogP contribution in [0.15, 0.2) is 18.2 Å². The Bertz CT molecular complexity index is 91.1. The van der Waals surface area contributed by atoms with Crippen molar-refractivity contribution in [2.75, 3.05) is 0 Å². The highest BCUT2D eigenvalue weighted by atomic mass is 13.5. The van der Waals surface area contributed by atoms with Gasteiger partial charge in [0.25, 0.3) is 0 Å². The molecule has 0 saturated carbocycles. The third kappa shape index (κ3) is 3.04. The Kier molecular flexibility index (Phi) is 3.39. The van der Waals surface area contributed by atoms with Crippen molar-refractivity contribution in [1.82, 2.24) is 0 Å². The minimum Gasteiger partial charge on any atom is -0.115 e. The monoisotopic (exact) mass is 77.0 g/mol. The minimum atomic E-state index is 1.39. The van der Waals surface area contributed by atoms with E-state index in [4.69, 9.17) is 13.0 Å². The quantitative estimate of drug-likeness (QED) is 0.325. The summed E-state index contributed by atoms with van der Waals surface area (Å²) in [5, 5.41) is 0. The Morgan fingerprint density at radius 1 is 1.50 bits per heavy atom. The first kappa shape index (κ1) is 5.04. The zero-order valence-electron chi connectivity index (χ0n) is 3.39. The lowest BCUT2D eigenvalue weighted by Crippen LogP contribution is -1.40. The first-order valence-electron chi connectivity index (χ1n) is 1.58. The van der Waals surface area contributed by atoms with Gasteiger partial charge >= 0.3 is 0 Å². The first-order chi connectivity index (χ1) is 2.91. The third-order valence-electron chi connectivity index (χ3n) is 0.304. The molecule has 0 aliphatic heterocycles. The molecule has 0 aliphatic rings. The van der Waals surface area contributed by atoms with E-state index < -0.39 is 0 Å². The van der Waals surface area contributed by atoms with Crippen molar-refractivity contribution in [1.29, 1.82) is 0 Å². The molecule has 0 nitrogen and oxygen atoms in total. The van der Waals surface area contributed by atoms with Gasteiger partial charge in [0.1, 0.15) is 0 Å². The van der Waals surface area contributed by atoms with Crippen LogP contribution >= 0.6 is 0 Å². The lowest BCUT2D eigenvalue weighted by atomic mass is 10.5. The highest BCUT2D eigenvalue weighted by Crippen LogP contribution is 1.65. The average molecular weight is 77.1 g/mol. The minimum absolute atomic E-state index is 1.39. The Balaban J connectivity index is 3.26. The van der Waals surface area contributed by atoms with Crippen molar-refractivity contribution in [3.63, 3.8) is 0 Å². The summed E-state index contributed by atoms with van der Waals surface area (Å²) in [6.07, 6.45) is 9.32. The standard InChI is InChI=1S/C6H5/c1-3-5-6-4-2/h1-3,5-6H. The molecular formula is C6H5. The van der Waals surface area contributed by atoms with Gasteiger partial charge < -0.3 is 0 Å². The molecule has 0 bridgehead atoms. The van der Waals surface area contributed by atoms with Crippen LogP contribution in [0, 0.1) is 18.9 Å². The molecule has 0 rings (SSSR count). The predicted molar refractivity (Wildman–Crippen MR) is 26.8 cm³/mol. The van der Waals surface area contributed by atoms with Gasteiger partial charge in [-0.1, -0.05) is 24.7 Å². The number of allylic oxidation sites excluding steroid dienone is 3. The van der Waals surface area contributed by atoms with Gasteiger partial charge in [0, 0.05) is 0 Å². The highest BCUT2D eigenvalue weighted by Gasteiger charge is 1.47. The maximum Gasteiger partial charge on any atom is -0.0122 e. The second-order valence-corrected chi connectivity index (χ2v) is 0.718. The van der Waals surface area contributed by atoms with Crippen LogP contribution in [0.1, 0.15) is 0 Å². The molecule has 0 aromatic heterocycles. The Morgan fingerprint density at radius 3 is 2.33 bits per heavy atom. The smallest absolute Gasteiger partial charge is 0.0122 e. The van der Waals surface area contributed by atoms with Crippen LogP contribution in [0.25, 0.3) is 0 Å². The Morgan fingerprint density at radius 2 is 2.17 bits per heavy atom. The summed E-state index contributed by atoms with van der Waals surface area (Å²) >= 11 is 0. The summed E-state index contributed by atoms with van der Waals surface area (Å²) in [4.78, 5) is 0. The summed E-state index contributed by atoms with van der Waals surface area (Å²) in [5.74, 6) is 2.28. The average Bonchev–Trinajstić information content (AvgIpc) is 1.61. The van der Waals surface area contributed by atoms with Gasteiger partial charge in [-0.15, -0.1) is 6.42 Å². The van der Waals surface area contributed by atoms with Crippen LogP contribution < -0.4 is 0 Å². The summed E-state index contributed by atoms with van der Waals surface area (Å²) < 4.78 is 0. The summed E-state index contributed by atoms with van der Waals surface area (Å²) in [6.45, 7) is 4.91. The summed E-state index contributed by atoms with van der Waals surface area (Å²) in [5.41, 5.74) is 0. The van der Waals surface area contributed by atoms with Crippen molar-refractivity contribution < 1.29 is 0 Å². The number of hydrogen-bond donors (Lipinski definition) is 0. The molecule has 0 heterocycles. The van der Waals surface area contributed by atoms with Crippen molar-refractivity contribution in [2.45, 2.75) is 0 Å². The van der Waals surface area contributed by atoms with Gasteiger partial charge in [0.2, 0.25) is 0 Å². The molecule has 1 radical (unpaired) electrons. The van der Waals surface area contributed by atoms with E-state index in [9.17, 15) is 0 Å². The highest BCUT2D eigenvalue weighted by molar-refractivity contribution is 5.13. The molecule has 0 amide bonds. The number of terminal acetylenes is 1. The van der Waals surface area contributed by atoms with Crippen molar-refractivity contribution in [2.24, 2.45) is 0 Å². The van der Waals surface area contributed by atoms with Crippen LogP contribution in [0.5, 0.6) is 0 Å². The van der Waals surface area contributed by atoms with Gasteiger partial charge in [-0.25, -0.2) is 0 Å². The Labute approximate surface area is 38.2 Å². The SMILES string of the molecule is [CH]=CC=CC#C. The molecular weight excluding hydrogens is 72.1 g/mol.